The number of aromatic nitrogens is 1. The first-order valence-electron chi connectivity index (χ1n) is 12.5. The predicted octanol–water partition coefficient (Wildman–Crippen LogP) is 2.74. The van der Waals surface area contributed by atoms with Crippen molar-refractivity contribution in [2.45, 2.75) is 13.8 Å². The van der Waals surface area contributed by atoms with Crippen molar-refractivity contribution < 1.29 is 23.0 Å². The second-order valence-electron chi connectivity index (χ2n) is 9.41. The van der Waals surface area contributed by atoms with E-state index in [-0.39, 0.29) is 39.9 Å². The number of hydrogen-bond donors (Lipinski definition) is 2. The van der Waals surface area contributed by atoms with E-state index in [9.17, 15) is 27.8 Å². The Morgan fingerprint density at radius 1 is 1.10 bits per heavy atom. The Kier molecular flexibility index (Phi) is 8.48. The lowest BCUT2D eigenvalue weighted by atomic mass is 10.1. The third-order valence-corrected chi connectivity index (χ3v) is 8.08. The van der Waals surface area contributed by atoms with E-state index in [1.54, 1.807) is 36.1 Å². The molecule has 10 nitrogen and oxygen atoms in total. The Bertz CT molecular complexity index is 1580. The summed E-state index contributed by atoms with van der Waals surface area (Å²) < 4.78 is 27.7. The summed E-state index contributed by atoms with van der Waals surface area (Å²) in [5.41, 5.74) is 0.766. The summed E-state index contributed by atoms with van der Waals surface area (Å²) in [5, 5.41) is 5.40. The van der Waals surface area contributed by atoms with Gasteiger partial charge >= 0.3 is 0 Å². The van der Waals surface area contributed by atoms with E-state index in [4.69, 9.17) is 0 Å². The third kappa shape index (κ3) is 5.53. The molecule has 1 aliphatic rings. The van der Waals surface area contributed by atoms with Crippen LogP contribution in [0.5, 0.6) is 0 Å². The normalized spacial score (nSPS) is 13.6. The lowest BCUT2D eigenvalue weighted by Crippen LogP contribution is -2.41. The Balaban J connectivity index is 1.86. The van der Waals surface area contributed by atoms with Crippen LogP contribution >= 0.6 is 0 Å². The van der Waals surface area contributed by atoms with Crippen molar-refractivity contribution in [3.63, 3.8) is 0 Å². The van der Waals surface area contributed by atoms with Gasteiger partial charge in [-0.15, -0.1) is 0 Å². The van der Waals surface area contributed by atoms with Gasteiger partial charge in [0, 0.05) is 66.3 Å². The minimum Gasteiger partial charge on any atom is -0.355 e. The second kappa shape index (κ2) is 11.8. The molecule has 0 atom stereocenters. The van der Waals surface area contributed by atoms with Crippen molar-refractivity contribution in [1.29, 1.82) is 0 Å². The zero-order valence-electron chi connectivity index (χ0n) is 22.6. The predicted molar refractivity (Wildman–Crippen MR) is 153 cm³/mol. The average Bonchev–Trinajstić information content (AvgIpc) is 2.95. The molecule has 0 spiro atoms. The Morgan fingerprint density at radius 2 is 1.80 bits per heavy atom. The zero-order chi connectivity index (χ0) is 29.1. The summed E-state index contributed by atoms with van der Waals surface area (Å²) in [5.74, 6) is -0.722. The number of hydrogen-bond acceptors (Lipinski definition) is 6. The molecule has 1 aliphatic heterocycles. The van der Waals surface area contributed by atoms with Gasteiger partial charge in [0.15, 0.2) is 0 Å². The summed E-state index contributed by atoms with van der Waals surface area (Å²) in [6.45, 7) is 3.92. The van der Waals surface area contributed by atoms with Gasteiger partial charge in [-0.2, -0.15) is 0 Å². The van der Waals surface area contributed by atoms with Crippen molar-refractivity contribution in [3.8, 4) is 0 Å². The summed E-state index contributed by atoms with van der Waals surface area (Å²) in [6, 6.07) is 10.8. The topological polar surface area (TPSA) is 121 Å². The molecule has 1 fully saturated rings. The van der Waals surface area contributed by atoms with Gasteiger partial charge in [0.1, 0.15) is 17.2 Å². The molecule has 2 aromatic carbocycles. The van der Waals surface area contributed by atoms with Crippen molar-refractivity contribution in [1.82, 2.24) is 14.8 Å². The number of carbonyl (C=O) groups excluding carboxylic acids is 3. The van der Waals surface area contributed by atoms with Crippen LogP contribution in [0.15, 0.2) is 47.3 Å². The number of pyridine rings is 1. The van der Waals surface area contributed by atoms with E-state index >= 15 is 0 Å². The molecule has 210 valence electrons. The molecule has 1 saturated heterocycles. The summed E-state index contributed by atoms with van der Waals surface area (Å²) >= 11 is 0. The molecular formula is C28H30FN5O5S. The quantitative estimate of drug-likeness (QED) is 0.424. The van der Waals surface area contributed by atoms with Crippen LogP contribution in [-0.2, 0) is 22.6 Å². The number of benzene rings is 2. The smallest absolute Gasteiger partial charge is 0.256 e. The summed E-state index contributed by atoms with van der Waals surface area (Å²) in [7, 11) is 1.89. The Labute approximate surface area is 233 Å². The summed E-state index contributed by atoms with van der Waals surface area (Å²) in [6.07, 6.45) is 0.456. The third-order valence-electron chi connectivity index (χ3n) is 6.80. The average molecular weight is 568 g/mol. The van der Waals surface area contributed by atoms with E-state index in [2.05, 4.69) is 10.6 Å². The van der Waals surface area contributed by atoms with Gasteiger partial charge < -0.3 is 15.5 Å². The molecule has 0 radical (unpaired) electrons. The van der Waals surface area contributed by atoms with E-state index in [0.29, 0.717) is 42.1 Å². The van der Waals surface area contributed by atoms with E-state index in [0.717, 1.165) is 4.90 Å². The molecule has 0 bridgehead atoms. The standard InChI is InChI=1S/C28H30FN5O5S/c1-17-8-9-22(21(29)14-17)31-25-23(26(36)30-3)24(18(2)27(37)32(25)4)34(16-35)20-7-5-6-19(15-20)28(38)33-10-12-40(39)13-11-33/h5-9,14-16,31H,10-13H2,1-4H3,(H,30,36). The fourth-order valence-corrected chi connectivity index (χ4v) is 5.67. The first-order chi connectivity index (χ1) is 19.1. The van der Waals surface area contributed by atoms with E-state index in [1.165, 1.54) is 43.8 Å². The van der Waals surface area contributed by atoms with Crippen molar-refractivity contribution in [3.05, 3.63) is 80.9 Å². The van der Waals surface area contributed by atoms with E-state index in [1.807, 2.05) is 0 Å². The highest BCUT2D eigenvalue weighted by Gasteiger charge is 2.29. The molecule has 3 amide bonds. The van der Waals surface area contributed by atoms with Gasteiger partial charge in [-0.05, 0) is 49.7 Å². The number of aryl methyl sites for hydroxylation is 1. The fourth-order valence-electron chi connectivity index (χ4n) is 4.61. The van der Waals surface area contributed by atoms with Crippen LogP contribution in [0, 0.1) is 19.7 Å². The van der Waals surface area contributed by atoms with Crippen LogP contribution in [-0.4, -0.2) is 63.5 Å². The minimum atomic E-state index is -0.954. The minimum absolute atomic E-state index is 0.00885. The van der Waals surface area contributed by atoms with E-state index < -0.39 is 28.1 Å². The zero-order valence-corrected chi connectivity index (χ0v) is 23.4. The number of carbonyl (C=O) groups is 3. The molecule has 40 heavy (non-hydrogen) atoms. The van der Waals surface area contributed by atoms with Crippen molar-refractivity contribution >= 4 is 51.9 Å². The Hall–Kier alpha value is -4.32. The highest BCUT2D eigenvalue weighted by Crippen LogP contribution is 2.35. The molecule has 0 aliphatic carbocycles. The first-order valence-corrected chi connectivity index (χ1v) is 14.0. The van der Waals surface area contributed by atoms with Gasteiger partial charge in [0.05, 0.1) is 11.4 Å². The maximum absolute atomic E-state index is 14.8. The van der Waals surface area contributed by atoms with Gasteiger partial charge in [0.2, 0.25) is 6.41 Å². The highest BCUT2D eigenvalue weighted by molar-refractivity contribution is 7.85. The molecular weight excluding hydrogens is 537 g/mol. The molecule has 2 heterocycles. The van der Waals surface area contributed by atoms with Crippen LogP contribution in [0.4, 0.5) is 27.3 Å². The summed E-state index contributed by atoms with van der Waals surface area (Å²) in [4.78, 5) is 55.1. The van der Waals surface area contributed by atoms with Crippen LogP contribution in [0.2, 0.25) is 0 Å². The van der Waals surface area contributed by atoms with Crippen LogP contribution < -0.4 is 21.1 Å². The Morgan fingerprint density at radius 3 is 2.42 bits per heavy atom. The SMILES string of the molecule is CNC(=O)c1c(N(C=O)c2cccc(C(=O)N3CCS(=O)CC3)c2)c(C)c(=O)n(C)c1Nc1ccc(C)cc1F. The van der Waals surface area contributed by atoms with Gasteiger partial charge in [0.25, 0.3) is 17.4 Å². The monoisotopic (exact) mass is 567 g/mol. The molecule has 1 aromatic heterocycles. The van der Waals surface area contributed by atoms with Gasteiger partial charge in [-0.3, -0.25) is 32.9 Å². The fraction of sp³-hybridized carbons (Fsp3) is 0.286. The molecule has 0 saturated carbocycles. The lowest BCUT2D eigenvalue weighted by Gasteiger charge is -2.28. The maximum Gasteiger partial charge on any atom is 0.256 e. The number of rotatable bonds is 7. The molecule has 12 heteroatoms. The van der Waals surface area contributed by atoms with Crippen LogP contribution in [0.25, 0.3) is 0 Å². The molecule has 2 N–H and O–H groups in total. The molecule has 3 aromatic rings. The second-order valence-corrected chi connectivity index (χ2v) is 11.1. The highest BCUT2D eigenvalue weighted by atomic mass is 32.2. The number of nitrogens with one attached hydrogen (secondary N) is 2. The number of nitrogens with zero attached hydrogens (tertiary/aromatic N) is 3. The van der Waals surface area contributed by atoms with Gasteiger partial charge in [-0.25, -0.2) is 4.39 Å². The largest absolute Gasteiger partial charge is 0.355 e. The number of amides is 3. The lowest BCUT2D eigenvalue weighted by molar-refractivity contribution is -0.106. The number of halogens is 1. The maximum atomic E-state index is 14.8. The van der Waals surface area contributed by atoms with Crippen LogP contribution in [0.1, 0.15) is 31.8 Å². The number of anilines is 4. The first kappa shape index (κ1) is 28.7. The van der Waals surface area contributed by atoms with Crippen molar-refractivity contribution in [2.24, 2.45) is 7.05 Å². The van der Waals surface area contributed by atoms with Crippen LogP contribution in [0.3, 0.4) is 0 Å². The van der Waals surface area contributed by atoms with Crippen molar-refractivity contribution in [2.75, 3.05) is 41.9 Å². The molecule has 4 rings (SSSR count). The van der Waals surface area contributed by atoms with Gasteiger partial charge in [-0.1, -0.05) is 12.1 Å². The molecule has 0 unspecified atom stereocenters.